The van der Waals surface area contributed by atoms with E-state index in [0.29, 0.717) is 0 Å². The van der Waals surface area contributed by atoms with Crippen molar-refractivity contribution in [2.75, 3.05) is 0 Å². The molecule has 1 unspecified atom stereocenters. The Labute approximate surface area is 127 Å². The maximum Gasteiger partial charge on any atom is 0.123 e. The molecule has 2 aromatic carbocycles. The van der Waals surface area contributed by atoms with Gasteiger partial charge in [-0.05, 0) is 63.3 Å². The van der Waals surface area contributed by atoms with Crippen LogP contribution in [0.15, 0.2) is 48.0 Å². The second-order valence-electron chi connectivity index (χ2n) is 6.64. The Morgan fingerprint density at radius 2 is 2.00 bits per heavy atom. The molecule has 0 aromatic heterocycles. The highest BCUT2D eigenvalue weighted by molar-refractivity contribution is 5.88. The van der Waals surface area contributed by atoms with Crippen molar-refractivity contribution in [2.45, 2.75) is 52.1 Å². The number of benzene rings is 2. The number of hydrogen-bond donors (Lipinski definition) is 0. The zero-order valence-electron chi connectivity index (χ0n) is 13.3. The van der Waals surface area contributed by atoms with Crippen LogP contribution in [0.5, 0.6) is 5.75 Å². The van der Waals surface area contributed by atoms with E-state index >= 15 is 0 Å². The first kappa shape index (κ1) is 14.2. The molecule has 0 fully saturated rings. The molecule has 3 rings (SSSR count). The third-order valence-corrected chi connectivity index (χ3v) is 4.48. The predicted octanol–water partition coefficient (Wildman–Crippen LogP) is 5.67. The van der Waals surface area contributed by atoms with Crippen LogP contribution in [0.25, 0.3) is 10.8 Å². The molecule has 0 saturated carbocycles. The second-order valence-corrected chi connectivity index (χ2v) is 6.64. The first-order valence-corrected chi connectivity index (χ1v) is 7.90. The van der Waals surface area contributed by atoms with E-state index in [1.165, 1.54) is 21.9 Å². The average molecular weight is 280 g/mol. The average Bonchev–Trinajstić information content (AvgIpc) is 2.46. The highest BCUT2D eigenvalue weighted by atomic mass is 16.5. The van der Waals surface area contributed by atoms with Gasteiger partial charge >= 0.3 is 0 Å². The molecule has 0 bridgehead atoms. The maximum absolute atomic E-state index is 6.38. The van der Waals surface area contributed by atoms with Crippen molar-refractivity contribution in [3.05, 3.63) is 53.6 Å². The molecule has 0 saturated heterocycles. The first-order valence-electron chi connectivity index (χ1n) is 7.90. The fraction of sp³-hybridized carbons (Fsp3) is 0.400. The third kappa shape index (κ3) is 2.97. The van der Waals surface area contributed by atoms with Gasteiger partial charge in [0.05, 0.1) is 0 Å². The molecule has 1 nitrogen and oxygen atoms in total. The van der Waals surface area contributed by atoms with Crippen LogP contribution in [0.2, 0.25) is 0 Å². The van der Waals surface area contributed by atoms with Crippen LogP contribution in [-0.4, -0.2) is 5.60 Å². The highest BCUT2D eigenvalue weighted by Gasteiger charge is 2.31. The minimum absolute atomic E-state index is 0.0264. The lowest BCUT2D eigenvalue weighted by atomic mass is 9.87. The molecule has 0 N–H and O–H groups in total. The van der Waals surface area contributed by atoms with E-state index in [4.69, 9.17) is 4.74 Å². The normalized spacial score (nSPS) is 20.7. The Morgan fingerprint density at radius 1 is 1.19 bits per heavy atom. The lowest BCUT2D eigenvalue weighted by molar-refractivity contribution is 0.0577. The highest BCUT2D eigenvalue weighted by Crippen LogP contribution is 2.39. The van der Waals surface area contributed by atoms with E-state index in [0.717, 1.165) is 31.4 Å². The maximum atomic E-state index is 6.38. The molecule has 1 heteroatoms. The summed E-state index contributed by atoms with van der Waals surface area (Å²) < 4.78 is 6.38. The molecular weight excluding hydrogens is 256 g/mol. The van der Waals surface area contributed by atoms with Crippen molar-refractivity contribution >= 4 is 10.8 Å². The Kier molecular flexibility index (Phi) is 3.75. The second kappa shape index (κ2) is 5.55. The Balaban J connectivity index is 1.85. The molecule has 21 heavy (non-hydrogen) atoms. The molecule has 0 spiro atoms. The van der Waals surface area contributed by atoms with Crippen molar-refractivity contribution in [3.63, 3.8) is 0 Å². The van der Waals surface area contributed by atoms with E-state index in [1.807, 2.05) is 0 Å². The lowest BCUT2D eigenvalue weighted by Crippen LogP contribution is -2.36. The SMILES string of the molecule is CC(C)=CCCC1(C)CCc2c(ccc3ccccc23)O1. The zero-order chi connectivity index (χ0) is 14.9. The number of ether oxygens (including phenoxy) is 1. The van der Waals surface area contributed by atoms with Crippen LogP contribution < -0.4 is 4.74 Å². The summed E-state index contributed by atoms with van der Waals surface area (Å²) in [4.78, 5) is 0. The number of hydrogen-bond acceptors (Lipinski definition) is 1. The van der Waals surface area contributed by atoms with E-state index in [-0.39, 0.29) is 5.60 Å². The molecule has 0 aliphatic carbocycles. The summed E-state index contributed by atoms with van der Waals surface area (Å²) in [6, 6.07) is 12.9. The number of fused-ring (bicyclic) bond motifs is 3. The molecule has 2 aromatic rings. The van der Waals surface area contributed by atoms with Gasteiger partial charge in [0.25, 0.3) is 0 Å². The van der Waals surface area contributed by atoms with Gasteiger partial charge in [0, 0.05) is 5.56 Å². The van der Waals surface area contributed by atoms with Gasteiger partial charge in [0.2, 0.25) is 0 Å². The third-order valence-electron chi connectivity index (χ3n) is 4.48. The first-order chi connectivity index (χ1) is 10.1. The van der Waals surface area contributed by atoms with Crippen LogP contribution >= 0.6 is 0 Å². The standard InChI is InChI=1S/C20H24O/c1-15(2)7-6-13-20(3)14-12-18-17-9-5-4-8-16(17)10-11-19(18)21-20/h4-5,7-11H,6,12-14H2,1-3H3. The monoisotopic (exact) mass is 280 g/mol. The predicted molar refractivity (Wildman–Crippen MR) is 90.0 cm³/mol. The number of rotatable bonds is 3. The molecule has 0 radical (unpaired) electrons. The quantitative estimate of drug-likeness (QED) is 0.658. The minimum Gasteiger partial charge on any atom is -0.487 e. The van der Waals surface area contributed by atoms with Gasteiger partial charge in [-0.1, -0.05) is 42.0 Å². The van der Waals surface area contributed by atoms with E-state index in [1.54, 1.807) is 0 Å². The van der Waals surface area contributed by atoms with Crippen molar-refractivity contribution in [1.29, 1.82) is 0 Å². The van der Waals surface area contributed by atoms with Gasteiger partial charge in [-0.2, -0.15) is 0 Å². The topological polar surface area (TPSA) is 9.23 Å². The van der Waals surface area contributed by atoms with E-state index in [2.05, 4.69) is 63.2 Å². The summed E-state index contributed by atoms with van der Waals surface area (Å²) in [5, 5.41) is 2.66. The van der Waals surface area contributed by atoms with Crippen molar-refractivity contribution in [1.82, 2.24) is 0 Å². The van der Waals surface area contributed by atoms with Gasteiger partial charge in [-0.3, -0.25) is 0 Å². The smallest absolute Gasteiger partial charge is 0.123 e. The van der Waals surface area contributed by atoms with Crippen LogP contribution in [0.4, 0.5) is 0 Å². The van der Waals surface area contributed by atoms with Crippen molar-refractivity contribution in [3.8, 4) is 5.75 Å². The lowest BCUT2D eigenvalue weighted by Gasteiger charge is -2.36. The van der Waals surface area contributed by atoms with Crippen molar-refractivity contribution < 1.29 is 4.74 Å². The Bertz CT molecular complexity index is 679. The molecular formula is C20H24O. The van der Waals surface area contributed by atoms with Gasteiger partial charge in [0.15, 0.2) is 0 Å². The van der Waals surface area contributed by atoms with E-state index < -0.39 is 0 Å². The van der Waals surface area contributed by atoms with Crippen LogP contribution in [-0.2, 0) is 6.42 Å². The van der Waals surface area contributed by atoms with Gasteiger partial charge < -0.3 is 4.74 Å². The minimum atomic E-state index is -0.0264. The molecule has 1 atom stereocenters. The number of aryl methyl sites for hydroxylation is 1. The summed E-state index contributed by atoms with van der Waals surface area (Å²) in [6.45, 7) is 6.57. The van der Waals surface area contributed by atoms with Crippen LogP contribution in [0.1, 0.15) is 45.6 Å². The number of allylic oxidation sites excluding steroid dienone is 2. The molecule has 1 aliphatic rings. The summed E-state index contributed by atoms with van der Waals surface area (Å²) in [7, 11) is 0. The summed E-state index contributed by atoms with van der Waals surface area (Å²) in [5.41, 5.74) is 2.75. The van der Waals surface area contributed by atoms with Gasteiger partial charge in [-0.25, -0.2) is 0 Å². The van der Waals surface area contributed by atoms with Gasteiger partial charge in [0.1, 0.15) is 11.4 Å². The Morgan fingerprint density at radius 3 is 2.81 bits per heavy atom. The summed E-state index contributed by atoms with van der Waals surface area (Å²) >= 11 is 0. The van der Waals surface area contributed by atoms with E-state index in [9.17, 15) is 0 Å². The summed E-state index contributed by atoms with van der Waals surface area (Å²) in [6.07, 6.45) is 6.71. The molecule has 0 amide bonds. The zero-order valence-corrected chi connectivity index (χ0v) is 13.3. The van der Waals surface area contributed by atoms with Gasteiger partial charge in [-0.15, -0.1) is 0 Å². The largest absolute Gasteiger partial charge is 0.487 e. The van der Waals surface area contributed by atoms with Crippen LogP contribution in [0, 0.1) is 0 Å². The molecule has 1 aliphatic heterocycles. The molecule has 110 valence electrons. The fourth-order valence-electron chi connectivity index (χ4n) is 3.22. The fourth-order valence-corrected chi connectivity index (χ4v) is 3.22. The summed E-state index contributed by atoms with van der Waals surface area (Å²) in [5.74, 6) is 1.08. The van der Waals surface area contributed by atoms with Crippen LogP contribution in [0.3, 0.4) is 0 Å². The van der Waals surface area contributed by atoms with Crippen molar-refractivity contribution in [2.24, 2.45) is 0 Å². The molecule has 1 heterocycles. The Hall–Kier alpha value is -1.76.